The van der Waals surface area contributed by atoms with Gasteiger partial charge in [-0.25, -0.2) is 13.1 Å². The molecule has 1 saturated heterocycles. The molecule has 0 saturated carbocycles. The predicted molar refractivity (Wildman–Crippen MR) is 76.1 cm³/mol. The summed E-state index contributed by atoms with van der Waals surface area (Å²) in [5.74, 6) is 0. The average molecular weight is 299 g/mol. The lowest BCUT2D eigenvalue weighted by Crippen LogP contribution is -2.47. The third-order valence-electron chi connectivity index (χ3n) is 3.73. The van der Waals surface area contributed by atoms with Gasteiger partial charge in [0.05, 0.1) is 11.0 Å². The first-order valence-corrected chi connectivity index (χ1v) is 8.13. The van der Waals surface area contributed by atoms with Crippen LogP contribution in [0.4, 0.5) is 0 Å². The zero-order valence-electron chi connectivity index (χ0n) is 12.0. The normalized spacial score (nSPS) is 26.9. The highest BCUT2D eigenvalue weighted by Gasteiger charge is 2.40. The van der Waals surface area contributed by atoms with E-state index in [-0.39, 0.29) is 17.5 Å². The maximum atomic E-state index is 12.3. The molecule has 1 heterocycles. The summed E-state index contributed by atoms with van der Waals surface area (Å²) in [7, 11) is -3.62. The fraction of sp³-hybridized carbons (Fsp3) is 0.571. The Kier molecular flexibility index (Phi) is 4.20. The van der Waals surface area contributed by atoms with E-state index >= 15 is 0 Å². The molecule has 0 spiro atoms. The van der Waals surface area contributed by atoms with E-state index in [9.17, 15) is 13.5 Å². The van der Waals surface area contributed by atoms with Crippen LogP contribution in [0.25, 0.3) is 0 Å². The van der Waals surface area contributed by atoms with Crippen LogP contribution in [0.3, 0.4) is 0 Å². The Labute approximate surface area is 120 Å². The standard InChI is InChI=1S/C14H21NO4S/c1-10-6-11(2)8-13(7-10)20(17,18)15-9-14(16)4-5-19-12(14)3/h6-8,12,15-16H,4-5,9H2,1-3H3. The molecule has 1 fully saturated rings. The first-order valence-electron chi connectivity index (χ1n) is 6.65. The Morgan fingerprint density at radius 2 is 1.95 bits per heavy atom. The molecule has 2 rings (SSSR count). The SMILES string of the molecule is Cc1cc(C)cc(S(=O)(=O)NCC2(O)CCOC2C)c1. The van der Waals surface area contributed by atoms with Crippen LogP contribution in [0.15, 0.2) is 23.1 Å². The van der Waals surface area contributed by atoms with Gasteiger partial charge in [0.2, 0.25) is 10.0 Å². The summed E-state index contributed by atoms with van der Waals surface area (Å²) in [5.41, 5.74) is 0.648. The van der Waals surface area contributed by atoms with E-state index in [1.807, 2.05) is 19.9 Å². The van der Waals surface area contributed by atoms with Crippen LogP contribution in [0.2, 0.25) is 0 Å². The molecule has 0 bridgehead atoms. The van der Waals surface area contributed by atoms with E-state index in [2.05, 4.69) is 4.72 Å². The number of benzene rings is 1. The fourth-order valence-electron chi connectivity index (χ4n) is 2.39. The molecule has 1 aliphatic heterocycles. The second-order valence-electron chi connectivity index (χ2n) is 5.51. The molecule has 2 unspecified atom stereocenters. The number of hydrogen-bond donors (Lipinski definition) is 2. The van der Waals surface area contributed by atoms with Crippen LogP contribution in [-0.4, -0.2) is 38.4 Å². The molecule has 1 aliphatic rings. The van der Waals surface area contributed by atoms with Crippen molar-refractivity contribution in [2.75, 3.05) is 13.2 Å². The predicted octanol–water partition coefficient (Wildman–Crippen LogP) is 1.12. The summed E-state index contributed by atoms with van der Waals surface area (Å²) in [5, 5.41) is 10.3. The largest absolute Gasteiger partial charge is 0.386 e. The van der Waals surface area contributed by atoms with Crippen molar-refractivity contribution in [3.05, 3.63) is 29.3 Å². The van der Waals surface area contributed by atoms with Gasteiger partial charge >= 0.3 is 0 Å². The van der Waals surface area contributed by atoms with Crippen molar-refractivity contribution >= 4 is 10.0 Å². The fourth-order valence-corrected chi connectivity index (χ4v) is 3.68. The minimum Gasteiger partial charge on any atom is -0.386 e. The summed E-state index contributed by atoms with van der Waals surface area (Å²) in [6.07, 6.45) is 0.0632. The van der Waals surface area contributed by atoms with Crippen molar-refractivity contribution in [1.29, 1.82) is 0 Å². The van der Waals surface area contributed by atoms with Gasteiger partial charge in [-0.05, 0) is 44.0 Å². The lowest BCUT2D eigenvalue weighted by molar-refractivity contribution is -0.0228. The highest BCUT2D eigenvalue weighted by atomic mass is 32.2. The molecule has 5 nitrogen and oxygen atoms in total. The number of ether oxygens (including phenoxy) is 1. The van der Waals surface area contributed by atoms with Crippen LogP contribution < -0.4 is 4.72 Å². The molecule has 1 aromatic rings. The molecule has 2 atom stereocenters. The van der Waals surface area contributed by atoms with Gasteiger partial charge in [0.15, 0.2) is 0 Å². The van der Waals surface area contributed by atoms with Crippen LogP contribution in [-0.2, 0) is 14.8 Å². The van der Waals surface area contributed by atoms with Crippen LogP contribution in [0, 0.1) is 13.8 Å². The Morgan fingerprint density at radius 1 is 1.35 bits per heavy atom. The third-order valence-corrected chi connectivity index (χ3v) is 5.11. The van der Waals surface area contributed by atoms with Gasteiger partial charge in [-0.3, -0.25) is 0 Å². The van der Waals surface area contributed by atoms with Crippen molar-refractivity contribution in [2.45, 2.75) is 43.8 Å². The molecule has 112 valence electrons. The van der Waals surface area contributed by atoms with Crippen molar-refractivity contribution in [3.8, 4) is 0 Å². The minimum absolute atomic E-state index is 0.0382. The summed E-state index contributed by atoms with van der Waals surface area (Å²) in [6.45, 7) is 5.86. The van der Waals surface area contributed by atoms with Crippen LogP contribution >= 0.6 is 0 Å². The molecule has 0 amide bonds. The van der Waals surface area contributed by atoms with Crippen molar-refractivity contribution in [3.63, 3.8) is 0 Å². The molecule has 2 N–H and O–H groups in total. The van der Waals surface area contributed by atoms with Crippen LogP contribution in [0.5, 0.6) is 0 Å². The summed E-state index contributed by atoms with van der Waals surface area (Å²) in [6, 6.07) is 5.15. The molecule has 20 heavy (non-hydrogen) atoms. The molecule has 6 heteroatoms. The number of hydrogen-bond acceptors (Lipinski definition) is 4. The maximum absolute atomic E-state index is 12.3. The zero-order chi connectivity index (χ0) is 15.0. The van der Waals surface area contributed by atoms with E-state index in [0.717, 1.165) is 11.1 Å². The molecular formula is C14H21NO4S. The Morgan fingerprint density at radius 3 is 2.45 bits per heavy atom. The van der Waals surface area contributed by atoms with Gasteiger partial charge in [-0.2, -0.15) is 0 Å². The topological polar surface area (TPSA) is 75.6 Å². The van der Waals surface area contributed by atoms with Crippen molar-refractivity contribution in [2.24, 2.45) is 0 Å². The summed E-state index contributed by atoms with van der Waals surface area (Å²) < 4.78 is 32.3. The van der Waals surface area contributed by atoms with E-state index < -0.39 is 15.6 Å². The highest BCUT2D eigenvalue weighted by molar-refractivity contribution is 7.89. The lowest BCUT2D eigenvalue weighted by Gasteiger charge is -2.26. The number of rotatable bonds is 4. The highest BCUT2D eigenvalue weighted by Crippen LogP contribution is 2.25. The Bertz CT molecular complexity index is 579. The van der Waals surface area contributed by atoms with Crippen molar-refractivity contribution in [1.82, 2.24) is 4.72 Å². The van der Waals surface area contributed by atoms with Gasteiger partial charge in [-0.1, -0.05) is 6.07 Å². The average Bonchev–Trinajstić information content (AvgIpc) is 2.67. The third kappa shape index (κ3) is 3.20. The second-order valence-corrected chi connectivity index (χ2v) is 7.28. The smallest absolute Gasteiger partial charge is 0.240 e. The van der Waals surface area contributed by atoms with Gasteiger partial charge in [0, 0.05) is 19.6 Å². The number of aryl methyl sites for hydroxylation is 2. The summed E-state index contributed by atoms with van der Waals surface area (Å²) >= 11 is 0. The van der Waals surface area contributed by atoms with Crippen molar-refractivity contribution < 1.29 is 18.3 Å². The van der Waals surface area contributed by atoms with E-state index in [1.54, 1.807) is 19.1 Å². The van der Waals surface area contributed by atoms with E-state index in [4.69, 9.17) is 4.74 Å². The first-order chi connectivity index (χ1) is 9.23. The van der Waals surface area contributed by atoms with Gasteiger partial charge in [-0.15, -0.1) is 0 Å². The van der Waals surface area contributed by atoms with Crippen LogP contribution in [0.1, 0.15) is 24.5 Å². The van der Waals surface area contributed by atoms with Gasteiger partial charge in [0.25, 0.3) is 0 Å². The second kappa shape index (κ2) is 5.44. The maximum Gasteiger partial charge on any atom is 0.240 e. The Hall–Kier alpha value is -0.950. The molecule has 1 aromatic carbocycles. The molecule has 0 aliphatic carbocycles. The first kappa shape index (κ1) is 15.4. The van der Waals surface area contributed by atoms with Gasteiger partial charge < -0.3 is 9.84 Å². The zero-order valence-corrected chi connectivity index (χ0v) is 12.8. The monoisotopic (exact) mass is 299 g/mol. The number of nitrogens with one attached hydrogen (secondary N) is 1. The Balaban J connectivity index is 2.15. The number of sulfonamides is 1. The lowest BCUT2D eigenvalue weighted by atomic mass is 9.97. The summed E-state index contributed by atoms with van der Waals surface area (Å²) in [4.78, 5) is 0.227. The quantitative estimate of drug-likeness (QED) is 0.873. The molecular weight excluding hydrogens is 278 g/mol. The molecule has 0 aromatic heterocycles. The van der Waals surface area contributed by atoms with Gasteiger partial charge in [0.1, 0.15) is 5.60 Å². The number of aliphatic hydroxyl groups is 1. The molecule has 0 radical (unpaired) electrons. The van der Waals surface area contributed by atoms with E-state index in [0.29, 0.717) is 13.0 Å². The minimum atomic E-state index is -3.62. The van der Waals surface area contributed by atoms with E-state index in [1.165, 1.54) is 0 Å².